The molecule has 2 aliphatic rings. The number of fused-ring (bicyclic) bond motifs is 2. The maximum atomic E-state index is 12.9. The summed E-state index contributed by atoms with van der Waals surface area (Å²) in [6, 6.07) is 16.7. The summed E-state index contributed by atoms with van der Waals surface area (Å²) in [6.07, 6.45) is 7.24. The van der Waals surface area contributed by atoms with E-state index in [4.69, 9.17) is 5.11 Å². The summed E-state index contributed by atoms with van der Waals surface area (Å²) < 4.78 is 0. The lowest BCUT2D eigenvalue weighted by atomic mass is 9.79. The third kappa shape index (κ3) is 5.54. The molecule has 2 heterocycles. The van der Waals surface area contributed by atoms with Crippen LogP contribution in [0.25, 0.3) is 16.5 Å². The fraction of sp³-hybridized carbons (Fsp3) is 0.400. The highest BCUT2D eigenvalue weighted by Gasteiger charge is 2.36. The van der Waals surface area contributed by atoms with Crippen molar-refractivity contribution in [1.29, 1.82) is 0 Å². The summed E-state index contributed by atoms with van der Waals surface area (Å²) in [5.74, 6) is -0.507. The number of aryl methyl sites for hydroxylation is 1. The predicted molar refractivity (Wildman–Crippen MR) is 145 cm³/mol. The van der Waals surface area contributed by atoms with Crippen molar-refractivity contribution in [3.05, 3.63) is 77.5 Å². The Kier molecular flexibility index (Phi) is 8.26. The molecule has 3 aromatic rings. The number of likely N-dealkylation sites (N-methyl/N-ethyl adjacent to an activating group) is 1. The first-order valence-corrected chi connectivity index (χ1v) is 13.0. The van der Waals surface area contributed by atoms with Gasteiger partial charge in [-0.3, -0.25) is 14.5 Å². The van der Waals surface area contributed by atoms with Crippen LogP contribution in [0.3, 0.4) is 0 Å². The number of hydrogen-bond acceptors (Lipinski definition) is 3. The Morgan fingerprint density at radius 1 is 1.08 bits per heavy atom. The maximum absolute atomic E-state index is 12.9. The summed E-state index contributed by atoms with van der Waals surface area (Å²) in [5, 5.41) is 9.73. The third-order valence-electron chi connectivity index (χ3n) is 7.36. The number of aliphatic carboxylic acids is 1. The fourth-order valence-electron chi connectivity index (χ4n) is 5.46. The van der Waals surface area contributed by atoms with Crippen molar-refractivity contribution < 1.29 is 14.7 Å². The average molecular weight is 488 g/mol. The zero-order valence-corrected chi connectivity index (χ0v) is 21.5. The number of aromatic nitrogens is 1. The molecule has 0 saturated heterocycles. The van der Waals surface area contributed by atoms with Gasteiger partial charge in [-0.1, -0.05) is 48.5 Å². The van der Waals surface area contributed by atoms with Crippen molar-refractivity contribution >= 4 is 28.4 Å². The molecular weight excluding hydrogens is 450 g/mol. The number of H-pyrrole nitrogens is 1. The van der Waals surface area contributed by atoms with Crippen LogP contribution >= 0.6 is 0 Å². The second-order valence-corrected chi connectivity index (χ2v) is 9.67. The first-order valence-electron chi connectivity index (χ1n) is 13.0. The topological polar surface area (TPSA) is 76.6 Å². The lowest BCUT2D eigenvalue weighted by molar-refractivity contribution is -0.137. The number of nitrogens with zero attached hydrogens (tertiary/aromatic N) is 2. The number of carboxylic acids is 1. The molecule has 2 atom stereocenters. The predicted octanol–water partition coefficient (Wildman–Crippen LogP) is 5.00. The van der Waals surface area contributed by atoms with Crippen molar-refractivity contribution in [2.45, 2.75) is 45.6 Å². The van der Waals surface area contributed by atoms with Gasteiger partial charge >= 0.3 is 5.97 Å². The van der Waals surface area contributed by atoms with E-state index in [1.807, 2.05) is 35.2 Å². The van der Waals surface area contributed by atoms with E-state index in [-0.39, 0.29) is 18.2 Å². The number of benzene rings is 2. The van der Waals surface area contributed by atoms with Crippen LogP contribution in [0.15, 0.2) is 60.8 Å². The molecule has 2 N–H and O–H groups in total. The number of carbonyl (C=O) groups excluding carboxylic acids is 1. The zero-order valence-electron chi connectivity index (χ0n) is 21.5. The molecule has 6 nitrogen and oxygen atoms in total. The van der Waals surface area contributed by atoms with E-state index in [1.165, 1.54) is 33.2 Å². The lowest BCUT2D eigenvalue weighted by Crippen LogP contribution is -2.47. The second-order valence-electron chi connectivity index (χ2n) is 9.67. The van der Waals surface area contributed by atoms with Gasteiger partial charge in [0.25, 0.3) is 0 Å². The molecule has 0 saturated carbocycles. The molecule has 0 spiro atoms. The molecule has 2 aromatic carbocycles. The molecular formula is C30H37N3O3. The summed E-state index contributed by atoms with van der Waals surface area (Å²) in [6.45, 7) is 6.47. The van der Waals surface area contributed by atoms with E-state index >= 15 is 0 Å². The molecule has 190 valence electrons. The molecule has 1 aromatic heterocycles. The van der Waals surface area contributed by atoms with Gasteiger partial charge in [0.15, 0.2) is 0 Å². The molecule has 0 unspecified atom stereocenters. The maximum Gasteiger partial charge on any atom is 0.303 e. The SMILES string of the molecule is CCN(CC)C(=O)[C@@H]1C=C2c3cccc4[nH]cc(c34)C[C@H]2N(C)C1.O=C(O)CCCc1ccccc1. The van der Waals surface area contributed by atoms with Crippen LogP contribution in [0.2, 0.25) is 0 Å². The summed E-state index contributed by atoms with van der Waals surface area (Å²) >= 11 is 0. The van der Waals surface area contributed by atoms with Gasteiger partial charge < -0.3 is 15.0 Å². The number of carbonyl (C=O) groups is 2. The van der Waals surface area contributed by atoms with Gasteiger partial charge in [-0.15, -0.1) is 0 Å². The Bertz CT molecular complexity index is 1230. The van der Waals surface area contributed by atoms with Gasteiger partial charge in [0.2, 0.25) is 5.91 Å². The van der Waals surface area contributed by atoms with E-state index in [1.54, 1.807) is 0 Å². The van der Waals surface area contributed by atoms with Crippen molar-refractivity contribution in [2.24, 2.45) is 5.92 Å². The Labute approximate surface area is 213 Å². The monoisotopic (exact) mass is 487 g/mol. The zero-order chi connectivity index (χ0) is 25.7. The lowest BCUT2D eigenvalue weighted by Gasteiger charge is -2.40. The summed E-state index contributed by atoms with van der Waals surface area (Å²) in [5.41, 5.74) is 6.42. The fourth-order valence-corrected chi connectivity index (χ4v) is 5.46. The smallest absolute Gasteiger partial charge is 0.303 e. The highest BCUT2D eigenvalue weighted by molar-refractivity contribution is 5.99. The molecule has 36 heavy (non-hydrogen) atoms. The van der Waals surface area contributed by atoms with Crippen molar-refractivity contribution in [1.82, 2.24) is 14.8 Å². The number of rotatable bonds is 7. The summed E-state index contributed by atoms with van der Waals surface area (Å²) in [4.78, 5) is 30.8. The molecule has 0 fully saturated rings. The van der Waals surface area contributed by atoms with Gasteiger partial charge in [-0.05, 0) is 68.5 Å². The van der Waals surface area contributed by atoms with Crippen molar-refractivity contribution in [3.63, 3.8) is 0 Å². The third-order valence-corrected chi connectivity index (χ3v) is 7.36. The standard InChI is InChI=1S/C20H25N3O.C10H12O2/c1-4-23(5-2)20(24)14-9-16-15-7-6-8-17-19(15)13(11-21-17)10-18(16)22(3)12-14;11-10(12)8-4-7-9-5-2-1-3-6-9/h6-9,11,14,18,21H,4-5,10,12H2,1-3H3;1-3,5-6H,4,7-8H2,(H,11,12)/t14-,18-;/m1./s1. The quantitative estimate of drug-likeness (QED) is 0.492. The van der Waals surface area contributed by atoms with Crippen LogP contribution in [0.1, 0.15) is 43.4 Å². The van der Waals surface area contributed by atoms with Crippen molar-refractivity contribution in [2.75, 3.05) is 26.7 Å². The van der Waals surface area contributed by atoms with E-state index in [9.17, 15) is 9.59 Å². The van der Waals surface area contributed by atoms with Crippen molar-refractivity contribution in [3.8, 4) is 0 Å². The highest BCUT2D eigenvalue weighted by Crippen LogP contribution is 2.40. The molecule has 0 bridgehead atoms. The van der Waals surface area contributed by atoms with Crippen LogP contribution in [0.5, 0.6) is 0 Å². The van der Waals surface area contributed by atoms with E-state index < -0.39 is 5.97 Å². The van der Waals surface area contributed by atoms with Crippen LogP contribution in [-0.4, -0.2) is 64.5 Å². The molecule has 6 heteroatoms. The first-order chi connectivity index (χ1) is 17.4. The molecule has 0 radical (unpaired) electrons. The normalized spacial score (nSPS) is 18.6. The molecule has 5 rings (SSSR count). The Balaban J connectivity index is 0.000000214. The molecule has 1 aliphatic heterocycles. The highest BCUT2D eigenvalue weighted by atomic mass is 16.4. The number of aromatic amines is 1. The minimum Gasteiger partial charge on any atom is -0.481 e. The van der Waals surface area contributed by atoms with Gasteiger partial charge in [0, 0.05) is 49.2 Å². The van der Waals surface area contributed by atoms with Crippen LogP contribution < -0.4 is 0 Å². The van der Waals surface area contributed by atoms with Crippen LogP contribution in [0, 0.1) is 5.92 Å². The van der Waals surface area contributed by atoms with Gasteiger partial charge in [-0.2, -0.15) is 0 Å². The average Bonchev–Trinajstić information content (AvgIpc) is 3.30. The van der Waals surface area contributed by atoms with Crippen LogP contribution in [0.4, 0.5) is 0 Å². The Hall–Kier alpha value is -3.38. The largest absolute Gasteiger partial charge is 0.481 e. The number of nitrogens with one attached hydrogen (secondary N) is 1. The number of hydrogen-bond donors (Lipinski definition) is 2. The minimum atomic E-state index is -0.717. The Morgan fingerprint density at radius 3 is 2.53 bits per heavy atom. The first kappa shape index (κ1) is 25.7. The molecule has 1 amide bonds. The van der Waals surface area contributed by atoms with E-state index in [0.29, 0.717) is 6.04 Å². The van der Waals surface area contributed by atoms with E-state index in [0.717, 1.165) is 38.9 Å². The van der Waals surface area contributed by atoms with Gasteiger partial charge in [-0.25, -0.2) is 0 Å². The van der Waals surface area contributed by atoms with Gasteiger partial charge in [0.1, 0.15) is 0 Å². The summed E-state index contributed by atoms with van der Waals surface area (Å²) in [7, 11) is 2.15. The van der Waals surface area contributed by atoms with E-state index in [2.05, 4.69) is 61.3 Å². The molecule has 1 aliphatic carbocycles. The van der Waals surface area contributed by atoms with Crippen LogP contribution in [-0.2, 0) is 22.4 Å². The van der Waals surface area contributed by atoms with Gasteiger partial charge in [0.05, 0.1) is 5.92 Å². The number of carboxylic acid groups (broad SMARTS) is 1. The second kappa shape index (κ2) is 11.6. The number of amides is 1. The minimum absolute atomic E-state index is 0.0445. The Morgan fingerprint density at radius 2 is 1.83 bits per heavy atom.